The number of anilines is 1. The smallest absolute Gasteiger partial charge is 0.410 e. The van der Waals surface area contributed by atoms with Gasteiger partial charge in [0.05, 0.1) is 36.6 Å². The molecule has 0 bridgehead atoms. The van der Waals surface area contributed by atoms with Gasteiger partial charge in [-0.25, -0.2) is 13.8 Å². The zero-order valence-corrected chi connectivity index (χ0v) is 25.8. The lowest BCUT2D eigenvalue weighted by atomic mass is 10.1. The van der Waals surface area contributed by atoms with Gasteiger partial charge in [0, 0.05) is 31.8 Å². The van der Waals surface area contributed by atoms with Crippen molar-refractivity contribution in [3.8, 4) is 23.1 Å². The Bertz CT molecular complexity index is 1720. The number of nitriles is 1. The summed E-state index contributed by atoms with van der Waals surface area (Å²) in [5.74, 6) is -1.52. The lowest BCUT2D eigenvalue weighted by Gasteiger charge is -2.17. The predicted molar refractivity (Wildman–Crippen MR) is 157 cm³/mol. The average Bonchev–Trinajstić information content (AvgIpc) is 3.53. The van der Waals surface area contributed by atoms with Crippen LogP contribution in [-0.4, -0.2) is 58.4 Å². The van der Waals surface area contributed by atoms with Gasteiger partial charge < -0.3 is 20.5 Å². The Morgan fingerprint density at radius 3 is 2.61 bits per heavy atom. The van der Waals surface area contributed by atoms with Crippen LogP contribution in [0.25, 0.3) is 22.2 Å². The van der Waals surface area contributed by atoms with Gasteiger partial charge in [-0.3, -0.25) is 9.78 Å². The highest BCUT2D eigenvalue weighted by Crippen LogP contribution is 2.37. The van der Waals surface area contributed by atoms with E-state index in [2.05, 4.69) is 40.1 Å². The van der Waals surface area contributed by atoms with Crippen LogP contribution in [-0.2, 0) is 18.0 Å². The quantitative estimate of drug-likeness (QED) is 0.129. The van der Waals surface area contributed by atoms with Gasteiger partial charge in [-0.05, 0) is 31.2 Å². The second kappa shape index (κ2) is 12.6. The predicted octanol–water partition coefficient (Wildman–Crippen LogP) is 5.26. The number of nitrogens with two attached hydrogens (primary N) is 1. The molecule has 1 amide bonds. The number of nitrogens with one attached hydrogen (secondary N) is 1. The van der Waals surface area contributed by atoms with Gasteiger partial charge in [0.15, 0.2) is 0 Å². The molecule has 3 N–H and O–H groups in total. The lowest BCUT2D eigenvalue weighted by Crippen LogP contribution is -2.25. The Balaban J connectivity index is 1.77. The molecule has 0 spiro atoms. The summed E-state index contributed by atoms with van der Waals surface area (Å²) >= 11 is 0. The summed E-state index contributed by atoms with van der Waals surface area (Å²) in [5.41, 5.74) is 6.51. The molecule has 1 aromatic carbocycles. The number of methoxy groups -OCH3 is 1. The van der Waals surface area contributed by atoms with E-state index >= 15 is 0 Å². The number of fused-ring (bicyclic) bond motifs is 1. The molecule has 0 fully saturated rings. The van der Waals surface area contributed by atoms with Crippen molar-refractivity contribution in [3.63, 3.8) is 0 Å². The van der Waals surface area contributed by atoms with Crippen LogP contribution in [0.2, 0.25) is 25.7 Å². The number of carbonyl (C=O) groups is 1. The number of rotatable bonds is 11. The SMILES string of the molecule is COc1ccc(F)cc1C(=O)NCc1ncc(-c2nn([C@@H](C)C(F)(F)F)c(N)c2C#N)c2cnn(COCC[Si](C)(C)C)c12. The molecule has 3 heterocycles. The van der Waals surface area contributed by atoms with E-state index in [1.165, 1.54) is 36.3 Å². The molecule has 0 saturated heterocycles. The minimum absolute atomic E-state index is 0.0184. The van der Waals surface area contributed by atoms with Gasteiger partial charge in [0.1, 0.15) is 47.5 Å². The molecule has 11 nitrogen and oxygen atoms in total. The minimum atomic E-state index is -4.66. The number of amides is 1. The standard InChI is InChI=1S/C28H32F4N8O3Si/c1-16(28(30,31)32)40-26(34)19(11-33)24(38-40)20-12-35-22(14-36-27(41)18-10-17(29)6-7-23(18)42-2)25-21(20)13-37-39(25)15-43-8-9-44(3,4)5/h6-7,10,12-13,16H,8-9,14-15,34H2,1-5H3,(H,36,41)/t16-/m0/s1. The number of hydrogen-bond donors (Lipinski definition) is 2. The van der Waals surface area contributed by atoms with Gasteiger partial charge in [0.25, 0.3) is 5.91 Å². The fraction of sp³-hybridized carbons (Fsp3) is 0.393. The maximum Gasteiger partial charge on any atom is 0.410 e. The molecular weight excluding hydrogens is 600 g/mol. The number of nitrogen functional groups attached to an aromatic ring is 1. The van der Waals surface area contributed by atoms with Gasteiger partial charge in [-0.15, -0.1) is 0 Å². The van der Waals surface area contributed by atoms with E-state index in [-0.39, 0.29) is 41.4 Å². The van der Waals surface area contributed by atoms with E-state index in [1.807, 2.05) is 6.07 Å². The molecule has 1 atom stereocenters. The maximum atomic E-state index is 13.9. The lowest BCUT2D eigenvalue weighted by molar-refractivity contribution is -0.164. The maximum absolute atomic E-state index is 13.9. The molecule has 0 unspecified atom stereocenters. The highest BCUT2D eigenvalue weighted by Gasteiger charge is 2.40. The first-order valence-electron chi connectivity index (χ1n) is 13.5. The molecule has 3 aromatic heterocycles. The molecule has 16 heteroatoms. The average molecular weight is 633 g/mol. The summed E-state index contributed by atoms with van der Waals surface area (Å²) in [6.45, 7) is 7.87. The third kappa shape index (κ3) is 6.84. The second-order valence-corrected chi connectivity index (χ2v) is 16.9. The first-order valence-corrected chi connectivity index (χ1v) is 17.2. The molecule has 0 radical (unpaired) electrons. The first kappa shape index (κ1) is 32.4. The van der Waals surface area contributed by atoms with Crippen molar-refractivity contribution in [2.24, 2.45) is 0 Å². The molecule has 0 aliphatic rings. The highest BCUT2D eigenvalue weighted by molar-refractivity contribution is 6.76. The van der Waals surface area contributed by atoms with Crippen molar-refractivity contribution in [2.45, 2.75) is 58.1 Å². The number of halogens is 4. The number of benzene rings is 1. The van der Waals surface area contributed by atoms with Crippen molar-refractivity contribution < 1.29 is 31.8 Å². The van der Waals surface area contributed by atoms with Crippen molar-refractivity contribution in [1.29, 1.82) is 5.26 Å². The highest BCUT2D eigenvalue weighted by atomic mass is 28.3. The molecule has 234 valence electrons. The molecule has 4 rings (SSSR count). The Labute approximate surface area is 251 Å². The largest absolute Gasteiger partial charge is 0.496 e. The normalized spacial score (nSPS) is 12.7. The van der Waals surface area contributed by atoms with Crippen molar-refractivity contribution in [3.05, 3.63) is 53.2 Å². The van der Waals surface area contributed by atoms with Gasteiger partial charge in [0.2, 0.25) is 0 Å². The Morgan fingerprint density at radius 1 is 1.25 bits per heavy atom. The number of nitrogens with zero attached hydrogens (tertiary/aromatic N) is 6. The summed E-state index contributed by atoms with van der Waals surface area (Å²) in [7, 11) is -0.0328. The van der Waals surface area contributed by atoms with Gasteiger partial charge in [-0.1, -0.05) is 19.6 Å². The number of aromatic nitrogens is 5. The number of ether oxygens (including phenoxy) is 2. The van der Waals surface area contributed by atoms with Crippen molar-refractivity contribution in [1.82, 2.24) is 29.9 Å². The molecule has 0 aliphatic heterocycles. The minimum Gasteiger partial charge on any atom is -0.496 e. The topological polar surface area (TPSA) is 146 Å². The van der Waals surface area contributed by atoms with E-state index in [4.69, 9.17) is 15.2 Å². The fourth-order valence-corrected chi connectivity index (χ4v) is 5.16. The van der Waals surface area contributed by atoms with Crippen LogP contribution in [0.5, 0.6) is 5.75 Å². The Morgan fingerprint density at radius 2 is 1.98 bits per heavy atom. The van der Waals surface area contributed by atoms with E-state index in [9.17, 15) is 27.6 Å². The molecule has 44 heavy (non-hydrogen) atoms. The van der Waals surface area contributed by atoms with Gasteiger partial charge >= 0.3 is 6.18 Å². The zero-order chi connectivity index (χ0) is 32.4. The molecule has 0 aliphatic carbocycles. The molecule has 4 aromatic rings. The number of hydrogen-bond acceptors (Lipinski definition) is 8. The zero-order valence-electron chi connectivity index (χ0n) is 24.8. The first-order chi connectivity index (χ1) is 20.7. The van der Waals surface area contributed by atoms with Crippen LogP contribution in [0.3, 0.4) is 0 Å². The number of carbonyl (C=O) groups excluding carboxylic acids is 1. The number of pyridine rings is 1. The summed E-state index contributed by atoms with van der Waals surface area (Å²) in [6, 6.07) is 4.20. The fourth-order valence-electron chi connectivity index (χ4n) is 4.40. The summed E-state index contributed by atoms with van der Waals surface area (Å²) in [5, 5.41) is 21.4. The second-order valence-electron chi connectivity index (χ2n) is 11.3. The van der Waals surface area contributed by atoms with Gasteiger partial charge in [-0.2, -0.15) is 28.6 Å². The van der Waals surface area contributed by atoms with E-state index in [0.29, 0.717) is 27.9 Å². The molecule has 0 saturated carbocycles. The number of alkyl halides is 3. The van der Waals surface area contributed by atoms with Crippen LogP contribution in [0.1, 0.15) is 34.6 Å². The third-order valence-corrected chi connectivity index (χ3v) is 8.64. The van der Waals surface area contributed by atoms with Crippen LogP contribution in [0.15, 0.2) is 30.6 Å². The van der Waals surface area contributed by atoms with E-state index in [0.717, 1.165) is 19.0 Å². The summed E-state index contributed by atoms with van der Waals surface area (Å²) < 4.78 is 67.6. The Hall–Kier alpha value is -4.49. The van der Waals surface area contributed by atoms with Crippen molar-refractivity contribution >= 4 is 30.7 Å². The van der Waals surface area contributed by atoms with Crippen LogP contribution >= 0.6 is 0 Å². The molecular formula is C28H32F4N8O3Si. The monoisotopic (exact) mass is 632 g/mol. The van der Waals surface area contributed by atoms with Crippen LogP contribution < -0.4 is 15.8 Å². The third-order valence-electron chi connectivity index (χ3n) is 6.94. The van der Waals surface area contributed by atoms with E-state index in [1.54, 1.807) is 0 Å². The van der Waals surface area contributed by atoms with Crippen LogP contribution in [0.4, 0.5) is 23.4 Å². The van der Waals surface area contributed by atoms with Crippen LogP contribution in [0, 0.1) is 17.1 Å². The Kier molecular flexibility index (Phi) is 9.30. The van der Waals surface area contributed by atoms with Crippen molar-refractivity contribution in [2.75, 3.05) is 19.5 Å². The summed E-state index contributed by atoms with van der Waals surface area (Å²) in [6.07, 6.45) is -1.88. The summed E-state index contributed by atoms with van der Waals surface area (Å²) in [4.78, 5) is 17.5. The van der Waals surface area contributed by atoms with E-state index < -0.39 is 37.8 Å².